The Kier molecular flexibility index (Phi) is 4.10. The first kappa shape index (κ1) is 12.9. The highest BCUT2D eigenvalue weighted by Crippen LogP contribution is 2.29. The van der Waals surface area contributed by atoms with Crippen molar-refractivity contribution in [1.82, 2.24) is 0 Å². The largest absolute Gasteiger partial charge is 0.388 e. The van der Waals surface area contributed by atoms with Crippen LogP contribution in [0, 0.1) is 6.92 Å². The Morgan fingerprint density at radius 2 is 2.00 bits per heavy atom. The molecule has 3 heteroatoms. The SMILES string of the molecule is Cc1cc(Br)ccc1NCC1(O)CCCCC1. The molecule has 1 aromatic rings. The van der Waals surface area contributed by atoms with Crippen LogP contribution in [0.2, 0.25) is 0 Å². The molecule has 0 heterocycles. The van der Waals surface area contributed by atoms with Crippen LogP contribution in [0.5, 0.6) is 0 Å². The summed E-state index contributed by atoms with van der Waals surface area (Å²) in [4.78, 5) is 0. The van der Waals surface area contributed by atoms with E-state index in [2.05, 4.69) is 40.3 Å². The molecule has 0 bridgehead atoms. The Bertz CT molecular complexity index is 386. The minimum absolute atomic E-state index is 0.502. The van der Waals surface area contributed by atoms with E-state index in [-0.39, 0.29) is 0 Å². The van der Waals surface area contributed by atoms with Crippen molar-refractivity contribution in [3.05, 3.63) is 28.2 Å². The smallest absolute Gasteiger partial charge is 0.0819 e. The molecule has 2 rings (SSSR count). The summed E-state index contributed by atoms with van der Waals surface area (Å²) in [6, 6.07) is 6.18. The maximum absolute atomic E-state index is 10.4. The molecule has 1 saturated carbocycles. The molecule has 1 aliphatic carbocycles. The van der Waals surface area contributed by atoms with Gasteiger partial charge in [-0.05, 0) is 43.5 Å². The van der Waals surface area contributed by atoms with Crippen LogP contribution in [-0.2, 0) is 0 Å². The van der Waals surface area contributed by atoms with Crippen molar-refractivity contribution in [3.8, 4) is 0 Å². The Balaban J connectivity index is 1.97. The quantitative estimate of drug-likeness (QED) is 0.888. The van der Waals surface area contributed by atoms with E-state index in [0.717, 1.165) is 35.8 Å². The van der Waals surface area contributed by atoms with Crippen molar-refractivity contribution in [2.24, 2.45) is 0 Å². The van der Waals surface area contributed by atoms with Crippen molar-refractivity contribution >= 4 is 21.6 Å². The van der Waals surface area contributed by atoms with E-state index < -0.39 is 5.60 Å². The lowest BCUT2D eigenvalue weighted by molar-refractivity contribution is 0.0167. The number of benzene rings is 1. The zero-order valence-electron chi connectivity index (χ0n) is 10.3. The van der Waals surface area contributed by atoms with E-state index in [1.807, 2.05) is 6.07 Å². The van der Waals surface area contributed by atoms with Gasteiger partial charge in [-0.15, -0.1) is 0 Å². The summed E-state index contributed by atoms with van der Waals surface area (Å²) in [5.74, 6) is 0. The van der Waals surface area contributed by atoms with Gasteiger partial charge in [0.25, 0.3) is 0 Å². The van der Waals surface area contributed by atoms with E-state index >= 15 is 0 Å². The van der Waals surface area contributed by atoms with Gasteiger partial charge in [-0.3, -0.25) is 0 Å². The van der Waals surface area contributed by atoms with Gasteiger partial charge in [0.15, 0.2) is 0 Å². The molecule has 1 aliphatic rings. The van der Waals surface area contributed by atoms with Crippen LogP contribution in [0.3, 0.4) is 0 Å². The average Bonchev–Trinajstić information content (AvgIpc) is 2.29. The lowest BCUT2D eigenvalue weighted by atomic mass is 9.85. The first-order valence-corrected chi connectivity index (χ1v) is 7.11. The normalized spacial score (nSPS) is 19.0. The van der Waals surface area contributed by atoms with Gasteiger partial charge in [-0.1, -0.05) is 35.2 Å². The minimum Gasteiger partial charge on any atom is -0.388 e. The van der Waals surface area contributed by atoms with Gasteiger partial charge in [0.05, 0.1) is 5.60 Å². The van der Waals surface area contributed by atoms with E-state index in [0.29, 0.717) is 6.54 Å². The summed E-state index contributed by atoms with van der Waals surface area (Å²) < 4.78 is 1.09. The van der Waals surface area contributed by atoms with Gasteiger partial charge in [-0.25, -0.2) is 0 Å². The molecule has 94 valence electrons. The Hall–Kier alpha value is -0.540. The predicted molar refractivity (Wildman–Crippen MR) is 75.4 cm³/mol. The molecule has 1 aromatic carbocycles. The number of anilines is 1. The minimum atomic E-state index is -0.502. The molecule has 2 N–H and O–H groups in total. The van der Waals surface area contributed by atoms with Gasteiger partial charge in [-0.2, -0.15) is 0 Å². The van der Waals surface area contributed by atoms with Crippen LogP contribution in [0.1, 0.15) is 37.7 Å². The summed E-state index contributed by atoms with van der Waals surface area (Å²) in [6.45, 7) is 2.74. The van der Waals surface area contributed by atoms with Crippen molar-refractivity contribution in [3.63, 3.8) is 0 Å². The number of aryl methyl sites for hydroxylation is 1. The fraction of sp³-hybridized carbons (Fsp3) is 0.571. The maximum Gasteiger partial charge on any atom is 0.0819 e. The summed E-state index contributed by atoms with van der Waals surface area (Å²) in [6.07, 6.45) is 5.42. The molecule has 0 aliphatic heterocycles. The van der Waals surface area contributed by atoms with Crippen molar-refractivity contribution < 1.29 is 5.11 Å². The monoisotopic (exact) mass is 297 g/mol. The summed E-state index contributed by atoms with van der Waals surface area (Å²) in [7, 11) is 0. The second kappa shape index (κ2) is 5.40. The zero-order chi connectivity index (χ0) is 12.3. The highest BCUT2D eigenvalue weighted by Gasteiger charge is 2.28. The highest BCUT2D eigenvalue weighted by molar-refractivity contribution is 9.10. The van der Waals surface area contributed by atoms with Gasteiger partial charge in [0, 0.05) is 16.7 Å². The molecule has 17 heavy (non-hydrogen) atoms. The van der Waals surface area contributed by atoms with Crippen LogP contribution in [0.25, 0.3) is 0 Å². The second-order valence-electron chi connectivity index (χ2n) is 5.10. The van der Waals surface area contributed by atoms with Crippen molar-refractivity contribution in [1.29, 1.82) is 0 Å². The third-order valence-corrected chi connectivity index (χ3v) is 4.07. The lowest BCUT2D eigenvalue weighted by Crippen LogP contribution is -2.38. The standard InChI is InChI=1S/C14H20BrNO/c1-11-9-12(15)5-6-13(11)16-10-14(17)7-3-2-4-8-14/h5-6,9,16-17H,2-4,7-8,10H2,1H3. The summed E-state index contributed by atoms with van der Waals surface area (Å²) in [5, 5.41) is 13.8. The maximum atomic E-state index is 10.4. The van der Waals surface area contributed by atoms with Gasteiger partial charge in [0.2, 0.25) is 0 Å². The topological polar surface area (TPSA) is 32.3 Å². The van der Waals surface area contributed by atoms with Crippen molar-refractivity contribution in [2.45, 2.75) is 44.6 Å². The predicted octanol–water partition coefficient (Wildman–Crippen LogP) is 3.86. The van der Waals surface area contributed by atoms with Crippen LogP contribution in [0.4, 0.5) is 5.69 Å². The zero-order valence-corrected chi connectivity index (χ0v) is 11.9. The molecule has 0 unspecified atom stereocenters. The van der Waals surface area contributed by atoms with Gasteiger partial charge >= 0.3 is 0 Å². The average molecular weight is 298 g/mol. The first-order chi connectivity index (χ1) is 8.09. The number of hydrogen-bond donors (Lipinski definition) is 2. The third kappa shape index (κ3) is 3.46. The molecule has 0 aromatic heterocycles. The number of rotatable bonds is 3. The molecule has 0 radical (unpaired) electrons. The fourth-order valence-corrected chi connectivity index (χ4v) is 2.95. The van der Waals surface area contributed by atoms with E-state index in [1.165, 1.54) is 12.0 Å². The second-order valence-corrected chi connectivity index (χ2v) is 6.01. The number of aliphatic hydroxyl groups is 1. The molecule has 0 saturated heterocycles. The molecule has 0 amide bonds. The van der Waals surface area contributed by atoms with Crippen LogP contribution < -0.4 is 5.32 Å². The van der Waals surface area contributed by atoms with Crippen LogP contribution >= 0.6 is 15.9 Å². The summed E-state index contributed by atoms with van der Waals surface area (Å²) >= 11 is 3.46. The van der Waals surface area contributed by atoms with Crippen molar-refractivity contribution in [2.75, 3.05) is 11.9 Å². The molecule has 1 fully saturated rings. The van der Waals surface area contributed by atoms with E-state index in [9.17, 15) is 5.11 Å². The van der Waals surface area contributed by atoms with Crippen LogP contribution in [0.15, 0.2) is 22.7 Å². The number of nitrogens with one attached hydrogen (secondary N) is 1. The van der Waals surface area contributed by atoms with Gasteiger partial charge in [0.1, 0.15) is 0 Å². The molecule has 2 nitrogen and oxygen atoms in total. The Labute approximate surface area is 112 Å². The number of halogens is 1. The fourth-order valence-electron chi connectivity index (χ4n) is 2.47. The Morgan fingerprint density at radius 1 is 1.29 bits per heavy atom. The van der Waals surface area contributed by atoms with E-state index in [1.54, 1.807) is 0 Å². The molecule has 0 spiro atoms. The molecular weight excluding hydrogens is 278 g/mol. The Morgan fingerprint density at radius 3 is 2.65 bits per heavy atom. The first-order valence-electron chi connectivity index (χ1n) is 6.31. The lowest BCUT2D eigenvalue weighted by Gasteiger charge is -2.32. The van der Waals surface area contributed by atoms with E-state index in [4.69, 9.17) is 0 Å². The number of hydrogen-bond acceptors (Lipinski definition) is 2. The highest BCUT2D eigenvalue weighted by atomic mass is 79.9. The van der Waals surface area contributed by atoms with Crippen LogP contribution in [-0.4, -0.2) is 17.3 Å². The molecular formula is C14H20BrNO. The molecule has 0 atom stereocenters. The summed E-state index contributed by atoms with van der Waals surface area (Å²) in [5.41, 5.74) is 1.82. The third-order valence-electron chi connectivity index (χ3n) is 3.58. The van der Waals surface area contributed by atoms with Gasteiger partial charge < -0.3 is 10.4 Å².